The number of fused-ring (bicyclic) bond motifs is 1. The summed E-state index contributed by atoms with van der Waals surface area (Å²) in [6.45, 7) is 1.97. The lowest BCUT2D eigenvalue weighted by molar-refractivity contribution is -0.343. The smallest absolute Gasteiger partial charge is 0.156 e. The zero-order valence-corrected chi connectivity index (χ0v) is 8.54. The van der Waals surface area contributed by atoms with Gasteiger partial charge in [0, 0.05) is 0 Å². The molecule has 0 aromatic rings. The topological polar surface area (TPSA) is 77.4 Å². The van der Waals surface area contributed by atoms with Crippen LogP contribution in [-0.4, -0.2) is 60.9 Å². The van der Waals surface area contributed by atoms with Crippen molar-refractivity contribution in [2.75, 3.05) is 20.0 Å². The molecule has 6 nitrogen and oxygen atoms in total. The van der Waals surface area contributed by atoms with Crippen molar-refractivity contribution in [3.63, 3.8) is 0 Å². The molecule has 0 amide bonds. The molecule has 0 radical (unpaired) electrons. The fourth-order valence-electron chi connectivity index (χ4n) is 1.91. The molecule has 15 heavy (non-hydrogen) atoms. The largest absolute Gasteiger partial charge is 0.394 e. The molecule has 0 saturated carbocycles. The van der Waals surface area contributed by atoms with Gasteiger partial charge in [-0.1, -0.05) is 0 Å². The van der Waals surface area contributed by atoms with Crippen molar-refractivity contribution >= 4 is 0 Å². The molecule has 6 heteroatoms. The Hall–Kier alpha value is -0.240. The third-order valence-electron chi connectivity index (χ3n) is 2.60. The highest BCUT2D eigenvalue weighted by Crippen LogP contribution is 2.26. The molecule has 2 N–H and O–H groups in total. The van der Waals surface area contributed by atoms with E-state index >= 15 is 0 Å². The van der Waals surface area contributed by atoms with Crippen LogP contribution in [-0.2, 0) is 18.9 Å². The van der Waals surface area contributed by atoms with Crippen LogP contribution in [0.1, 0.15) is 6.92 Å². The predicted octanol–water partition coefficient (Wildman–Crippen LogP) is -1.16. The van der Waals surface area contributed by atoms with Gasteiger partial charge in [0.25, 0.3) is 0 Å². The highest BCUT2D eigenvalue weighted by atomic mass is 16.8. The molecule has 5 atom stereocenters. The quantitative estimate of drug-likeness (QED) is 0.611. The Morgan fingerprint density at radius 2 is 2.20 bits per heavy atom. The summed E-state index contributed by atoms with van der Waals surface area (Å²) in [6.07, 6.45) is -2.57. The van der Waals surface area contributed by atoms with E-state index in [0.717, 1.165) is 0 Å². The first-order valence-corrected chi connectivity index (χ1v) is 5.01. The lowest BCUT2D eigenvalue weighted by atomic mass is 10.0. The van der Waals surface area contributed by atoms with Gasteiger partial charge in [0.2, 0.25) is 0 Å². The first-order chi connectivity index (χ1) is 7.22. The number of hydrogen-bond donors (Lipinski definition) is 2. The van der Waals surface area contributed by atoms with Crippen LogP contribution in [0.5, 0.6) is 0 Å². The van der Waals surface area contributed by atoms with Crippen LogP contribution < -0.4 is 0 Å². The van der Waals surface area contributed by atoms with Crippen molar-refractivity contribution in [3.05, 3.63) is 0 Å². The zero-order valence-electron chi connectivity index (χ0n) is 8.54. The second kappa shape index (κ2) is 4.73. The molecule has 2 fully saturated rings. The first-order valence-electron chi connectivity index (χ1n) is 5.01. The molecule has 2 heterocycles. The molecule has 2 saturated heterocycles. The molecule has 5 unspecified atom stereocenters. The van der Waals surface area contributed by atoms with Gasteiger partial charge < -0.3 is 29.2 Å². The molecule has 2 rings (SSSR count). The molecule has 0 spiro atoms. The van der Waals surface area contributed by atoms with Crippen molar-refractivity contribution < 1.29 is 29.2 Å². The van der Waals surface area contributed by atoms with E-state index in [4.69, 9.17) is 24.1 Å². The molecule has 0 bridgehead atoms. The zero-order chi connectivity index (χ0) is 10.8. The summed E-state index contributed by atoms with van der Waals surface area (Å²) in [5.41, 5.74) is 0. The third kappa shape index (κ3) is 2.30. The molecule has 2 aliphatic heterocycles. The van der Waals surface area contributed by atoms with Crippen molar-refractivity contribution in [2.24, 2.45) is 0 Å². The van der Waals surface area contributed by atoms with E-state index in [1.807, 2.05) is 0 Å². The van der Waals surface area contributed by atoms with Gasteiger partial charge in [-0.05, 0) is 6.92 Å². The van der Waals surface area contributed by atoms with Crippen LogP contribution in [0.25, 0.3) is 0 Å². The van der Waals surface area contributed by atoms with Crippen LogP contribution in [0.4, 0.5) is 0 Å². The van der Waals surface area contributed by atoms with Gasteiger partial charge in [0.1, 0.15) is 31.2 Å². The minimum atomic E-state index is -0.957. The summed E-state index contributed by atoms with van der Waals surface area (Å²) >= 11 is 0. The highest BCUT2D eigenvalue weighted by molar-refractivity contribution is 4.88. The molecular weight excluding hydrogens is 204 g/mol. The molecule has 0 aromatic heterocycles. The number of ether oxygens (including phenoxy) is 4. The second-order valence-corrected chi connectivity index (χ2v) is 3.71. The molecule has 0 aromatic carbocycles. The Morgan fingerprint density at radius 1 is 1.40 bits per heavy atom. The molecular formula is C9H16O6. The Balaban J connectivity index is 2.06. The average Bonchev–Trinajstić information content (AvgIpc) is 2.26. The predicted molar refractivity (Wildman–Crippen MR) is 48.0 cm³/mol. The summed E-state index contributed by atoms with van der Waals surface area (Å²) in [5.74, 6) is 0. The molecule has 88 valence electrons. The van der Waals surface area contributed by atoms with E-state index < -0.39 is 18.5 Å². The van der Waals surface area contributed by atoms with Crippen LogP contribution in [0, 0.1) is 0 Å². The first kappa shape index (κ1) is 11.3. The van der Waals surface area contributed by atoms with Crippen molar-refractivity contribution in [1.29, 1.82) is 0 Å². The van der Waals surface area contributed by atoms with Gasteiger partial charge in [0.15, 0.2) is 6.29 Å². The Kier molecular flexibility index (Phi) is 3.55. The summed E-state index contributed by atoms with van der Waals surface area (Å²) < 4.78 is 21.3. The SMILES string of the molecule is CC1OC2COCOC2C(C(O)CO)O1. The third-order valence-corrected chi connectivity index (χ3v) is 2.60. The summed E-state index contributed by atoms with van der Waals surface area (Å²) in [7, 11) is 0. The number of rotatable bonds is 2. The minimum absolute atomic E-state index is 0.164. The Labute approximate surface area is 87.7 Å². The number of hydrogen-bond acceptors (Lipinski definition) is 6. The summed E-state index contributed by atoms with van der Waals surface area (Å²) in [6, 6.07) is 0. The molecule has 0 aliphatic carbocycles. The van der Waals surface area contributed by atoms with Crippen molar-refractivity contribution in [3.8, 4) is 0 Å². The standard InChI is InChI=1S/C9H16O6/c1-5-14-7-3-12-4-13-9(7)8(15-5)6(11)2-10/h5-11H,2-4H2,1H3. The lowest BCUT2D eigenvalue weighted by Crippen LogP contribution is -2.59. The van der Waals surface area contributed by atoms with E-state index in [0.29, 0.717) is 6.61 Å². The van der Waals surface area contributed by atoms with E-state index in [-0.39, 0.29) is 25.6 Å². The fraction of sp³-hybridized carbons (Fsp3) is 1.00. The van der Waals surface area contributed by atoms with Gasteiger partial charge in [-0.15, -0.1) is 0 Å². The van der Waals surface area contributed by atoms with Crippen LogP contribution in [0.2, 0.25) is 0 Å². The second-order valence-electron chi connectivity index (χ2n) is 3.71. The minimum Gasteiger partial charge on any atom is -0.394 e. The van der Waals surface area contributed by atoms with E-state index in [1.54, 1.807) is 6.92 Å². The maximum atomic E-state index is 9.59. The van der Waals surface area contributed by atoms with Crippen LogP contribution in [0.3, 0.4) is 0 Å². The van der Waals surface area contributed by atoms with E-state index in [1.165, 1.54) is 0 Å². The maximum absolute atomic E-state index is 9.59. The summed E-state index contributed by atoms with van der Waals surface area (Å²) in [4.78, 5) is 0. The molecule has 2 aliphatic rings. The highest BCUT2D eigenvalue weighted by Gasteiger charge is 2.44. The normalized spacial score (nSPS) is 43.4. The Morgan fingerprint density at radius 3 is 2.93 bits per heavy atom. The monoisotopic (exact) mass is 220 g/mol. The maximum Gasteiger partial charge on any atom is 0.156 e. The summed E-state index contributed by atoms with van der Waals surface area (Å²) in [5, 5.41) is 18.5. The Bertz CT molecular complexity index is 211. The number of aliphatic hydroxyl groups excluding tert-OH is 2. The van der Waals surface area contributed by atoms with Crippen molar-refractivity contribution in [2.45, 2.75) is 37.6 Å². The van der Waals surface area contributed by atoms with E-state index in [2.05, 4.69) is 0 Å². The van der Waals surface area contributed by atoms with Crippen molar-refractivity contribution in [1.82, 2.24) is 0 Å². The van der Waals surface area contributed by atoms with Gasteiger partial charge in [-0.3, -0.25) is 0 Å². The van der Waals surface area contributed by atoms with Gasteiger partial charge >= 0.3 is 0 Å². The van der Waals surface area contributed by atoms with E-state index in [9.17, 15) is 5.11 Å². The van der Waals surface area contributed by atoms with Crippen LogP contribution >= 0.6 is 0 Å². The van der Waals surface area contributed by atoms with Crippen LogP contribution in [0.15, 0.2) is 0 Å². The van der Waals surface area contributed by atoms with Gasteiger partial charge in [-0.2, -0.15) is 0 Å². The average molecular weight is 220 g/mol. The fourth-order valence-corrected chi connectivity index (χ4v) is 1.91. The lowest BCUT2D eigenvalue weighted by Gasteiger charge is -2.44. The van der Waals surface area contributed by atoms with Gasteiger partial charge in [-0.25, -0.2) is 0 Å². The van der Waals surface area contributed by atoms with Gasteiger partial charge in [0.05, 0.1) is 13.2 Å². The number of aliphatic hydroxyl groups is 2.